The lowest BCUT2D eigenvalue weighted by Gasteiger charge is -2.33. The van der Waals surface area contributed by atoms with Crippen molar-refractivity contribution >= 4 is 50.7 Å². The van der Waals surface area contributed by atoms with Gasteiger partial charge in [0.15, 0.2) is 0 Å². The average Bonchev–Trinajstić information content (AvgIpc) is 2.97. The first-order valence-corrected chi connectivity index (χ1v) is 15.9. The molecule has 1 fully saturated rings. The molecule has 10 heteroatoms. The third-order valence-corrected chi connectivity index (χ3v) is 9.94. The summed E-state index contributed by atoms with van der Waals surface area (Å²) in [5, 5.41) is 4.03. The summed E-state index contributed by atoms with van der Waals surface area (Å²) in [5.74, 6) is -0.791. The summed E-state index contributed by atoms with van der Waals surface area (Å²) in [5.41, 5.74) is 1.57. The third-order valence-electron chi connectivity index (χ3n) is 7.50. The normalized spacial score (nSPS) is 14.7. The molecule has 1 aliphatic carbocycles. The number of nitrogens with zero attached hydrogens (tertiary/aromatic N) is 2. The third kappa shape index (κ3) is 7.61. The van der Waals surface area contributed by atoms with E-state index in [1.54, 1.807) is 74.5 Å². The van der Waals surface area contributed by atoms with Gasteiger partial charge in [0.2, 0.25) is 11.8 Å². The molecule has 0 aromatic heterocycles. The van der Waals surface area contributed by atoms with E-state index in [1.165, 1.54) is 17.0 Å². The maximum Gasteiger partial charge on any atom is 0.264 e. The smallest absolute Gasteiger partial charge is 0.264 e. The predicted octanol–water partition coefficient (Wildman–Crippen LogP) is 6.36. The maximum atomic E-state index is 14.1. The molecule has 4 rings (SSSR count). The minimum Gasteiger partial charge on any atom is -0.352 e. The lowest BCUT2D eigenvalue weighted by atomic mass is 9.95. The molecule has 0 unspecified atom stereocenters. The van der Waals surface area contributed by atoms with Crippen LogP contribution in [0.5, 0.6) is 0 Å². The number of carbonyl (C=O) groups excluding carboxylic acids is 2. The second-order valence-electron chi connectivity index (χ2n) is 10.4. The summed E-state index contributed by atoms with van der Waals surface area (Å²) in [6.45, 7) is 2.96. The van der Waals surface area contributed by atoms with Crippen LogP contribution in [-0.4, -0.2) is 43.8 Å². The summed E-state index contributed by atoms with van der Waals surface area (Å²) in [6.07, 6.45) is 5.06. The van der Waals surface area contributed by atoms with Crippen LogP contribution < -0.4 is 9.62 Å². The Hall–Kier alpha value is -3.07. The van der Waals surface area contributed by atoms with Crippen LogP contribution in [0.2, 0.25) is 10.0 Å². The van der Waals surface area contributed by atoms with Crippen molar-refractivity contribution < 1.29 is 18.0 Å². The Morgan fingerprint density at radius 2 is 1.59 bits per heavy atom. The zero-order valence-electron chi connectivity index (χ0n) is 23.2. The van der Waals surface area contributed by atoms with Crippen LogP contribution in [0.4, 0.5) is 5.69 Å². The summed E-state index contributed by atoms with van der Waals surface area (Å²) >= 11 is 12.5. The number of amides is 2. The van der Waals surface area contributed by atoms with Crippen molar-refractivity contribution in [1.82, 2.24) is 10.2 Å². The zero-order valence-corrected chi connectivity index (χ0v) is 25.6. The molecule has 3 aromatic rings. The van der Waals surface area contributed by atoms with Crippen LogP contribution in [0, 0.1) is 6.92 Å². The number of hydrogen-bond donors (Lipinski definition) is 1. The highest BCUT2D eigenvalue weighted by Gasteiger charge is 2.34. The van der Waals surface area contributed by atoms with Crippen molar-refractivity contribution in [3.63, 3.8) is 0 Å². The number of nitrogens with one attached hydrogen (secondary N) is 1. The molecule has 1 aliphatic rings. The molecular weight excluding hydrogens is 581 g/mol. The standard InChI is InChI=1S/C31H35Cl2N3O4S/c1-22-28(33)14-9-15-29(22)36(41(39,40)27-12-7-4-8-13-27)21-30(37)35(20-24-16-18-25(32)19-17-24)23(2)31(38)34-26-10-5-3-6-11-26/h4,7-9,12-19,23,26H,3,5-6,10-11,20-21H2,1-2H3,(H,34,38)/t23-/m0/s1. The number of carbonyl (C=O) groups is 2. The van der Waals surface area contributed by atoms with E-state index < -0.39 is 28.5 Å². The van der Waals surface area contributed by atoms with Gasteiger partial charge in [-0.15, -0.1) is 0 Å². The Labute approximate surface area is 252 Å². The second kappa shape index (κ2) is 13.7. The molecule has 0 aliphatic heterocycles. The number of sulfonamides is 1. The fraction of sp³-hybridized carbons (Fsp3) is 0.355. The highest BCUT2D eigenvalue weighted by Crippen LogP contribution is 2.31. The quantitative estimate of drug-likeness (QED) is 0.287. The summed E-state index contributed by atoms with van der Waals surface area (Å²) in [4.78, 5) is 29.0. The van der Waals surface area contributed by atoms with E-state index in [4.69, 9.17) is 23.2 Å². The van der Waals surface area contributed by atoms with E-state index in [1.807, 2.05) is 0 Å². The van der Waals surface area contributed by atoms with Crippen LogP contribution in [-0.2, 0) is 26.2 Å². The highest BCUT2D eigenvalue weighted by molar-refractivity contribution is 7.92. The Morgan fingerprint density at radius 3 is 2.24 bits per heavy atom. The molecule has 3 aromatic carbocycles. The molecule has 1 saturated carbocycles. The van der Waals surface area contributed by atoms with Crippen molar-refractivity contribution in [2.24, 2.45) is 0 Å². The van der Waals surface area contributed by atoms with Gasteiger partial charge >= 0.3 is 0 Å². The molecule has 0 saturated heterocycles. The average molecular weight is 617 g/mol. The molecule has 41 heavy (non-hydrogen) atoms. The first-order valence-electron chi connectivity index (χ1n) is 13.7. The molecular formula is C31H35Cl2N3O4S. The van der Waals surface area contributed by atoms with Crippen molar-refractivity contribution in [1.29, 1.82) is 0 Å². The molecule has 0 radical (unpaired) electrons. The van der Waals surface area contributed by atoms with E-state index in [9.17, 15) is 18.0 Å². The number of benzene rings is 3. The maximum absolute atomic E-state index is 14.1. The lowest BCUT2D eigenvalue weighted by molar-refractivity contribution is -0.139. The lowest BCUT2D eigenvalue weighted by Crippen LogP contribution is -2.53. The van der Waals surface area contributed by atoms with Gasteiger partial charge in [0.05, 0.1) is 10.6 Å². The monoisotopic (exact) mass is 615 g/mol. The van der Waals surface area contributed by atoms with E-state index in [2.05, 4.69) is 5.32 Å². The molecule has 2 amide bonds. The Bertz CT molecular complexity index is 1460. The van der Waals surface area contributed by atoms with Crippen molar-refractivity contribution in [2.45, 2.75) is 69.5 Å². The molecule has 1 N–H and O–H groups in total. The Morgan fingerprint density at radius 1 is 0.927 bits per heavy atom. The predicted molar refractivity (Wildman–Crippen MR) is 164 cm³/mol. The Balaban J connectivity index is 1.69. The largest absolute Gasteiger partial charge is 0.352 e. The summed E-state index contributed by atoms with van der Waals surface area (Å²) in [7, 11) is -4.16. The van der Waals surface area contributed by atoms with Gasteiger partial charge in [0, 0.05) is 22.6 Å². The van der Waals surface area contributed by atoms with Gasteiger partial charge in [-0.3, -0.25) is 13.9 Å². The van der Waals surface area contributed by atoms with Gasteiger partial charge in [-0.05, 0) is 74.2 Å². The fourth-order valence-electron chi connectivity index (χ4n) is 5.04. The molecule has 0 spiro atoms. The number of anilines is 1. The van der Waals surface area contributed by atoms with Gasteiger partial charge in [0.1, 0.15) is 12.6 Å². The van der Waals surface area contributed by atoms with Crippen molar-refractivity contribution in [2.75, 3.05) is 10.8 Å². The van der Waals surface area contributed by atoms with E-state index in [0.29, 0.717) is 21.3 Å². The van der Waals surface area contributed by atoms with E-state index in [0.717, 1.165) is 42.0 Å². The highest BCUT2D eigenvalue weighted by atomic mass is 35.5. The number of rotatable bonds is 10. The fourth-order valence-corrected chi connectivity index (χ4v) is 6.83. The molecule has 7 nitrogen and oxygen atoms in total. The molecule has 218 valence electrons. The van der Waals surface area contributed by atoms with Crippen LogP contribution in [0.15, 0.2) is 77.7 Å². The summed E-state index contributed by atoms with van der Waals surface area (Å²) < 4.78 is 28.9. The first-order chi connectivity index (χ1) is 19.6. The van der Waals surface area contributed by atoms with E-state index >= 15 is 0 Å². The van der Waals surface area contributed by atoms with Gasteiger partial charge in [-0.25, -0.2) is 8.42 Å². The van der Waals surface area contributed by atoms with Crippen LogP contribution in [0.25, 0.3) is 0 Å². The topological polar surface area (TPSA) is 86.8 Å². The van der Waals surface area contributed by atoms with Gasteiger partial charge in [-0.2, -0.15) is 0 Å². The van der Waals surface area contributed by atoms with Gasteiger partial charge < -0.3 is 10.2 Å². The second-order valence-corrected chi connectivity index (χ2v) is 13.1. The Kier molecular flexibility index (Phi) is 10.3. The molecule has 0 heterocycles. The minimum atomic E-state index is -4.16. The molecule has 0 bridgehead atoms. The van der Waals surface area contributed by atoms with Crippen LogP contribution in [0.1, 0.15) is 50.2 Å². The summed E-state index contributed by atoms with van der Waals surface area (Å²) in [6, 6.07) is 19.1. The van der Waals surface area contributed by atoms with Gasteiger partial charge in [0.25, 0.3) is 10.0 Å². The minimum absolute atomic E-state index is 0.0412. The van der Waals surface area contributed by atoms with Gasteiger partial charge in [-0.1, -0.05) is 78.9 Å². The number of hydrogen-bond acceptors (Lipinski definition) is 4. The SMILES string of the molecule is Cc1c(Cl)cccc1N(CC(=O)N(Cc1ccc(Cl)cc1)[C@@H](C)C(=O)NC1CCCCC1)S(=O)(=O)c1ccccc1. The first kappa shape index (κ1) is 30.9. The zero-order chi connectivity index (χ0) is 29.6. The van der Waals surface area contributed by atoms with E-state index in [-0.39, 0.29) is 23.4 Å². The van der Waals surface area contributed by atoms with Crippen LogP contribution >= 0.6 is 23.2 Å². The number of halogens is 2. The van der Waals surface area contributed by atoms with Crippen molar-refractivity contribution in [3.8, 4) is 0 Å². The molecule has 1 atom stereocenters. The van der Waals surface area contributed by atoms with Crippen LogP contribution in [0.3, 0.4) is 0 Å². The van der Waals surface area contributed by atoms with Crippen molar-refractivity contribution in [3.05, 3.63) is 94.0 Å².